The van der Waals surface area contributed by atoms with E-state index in [1.807, 2.05) is 60.1 Å². The Bertz CT molecular complexity index is 2300. The maximum absolute atomic E-state index is 5.68. The van der Waals surface area contributed by atoms with Gasteiger partial charge in [0.1, 0.15) is 5.75 Å². The third-order valence-electron chi connectivity index (χ3n) is 20.6. The Hall–Kier alpha value is -2.11. The van der Waals surface area contributed by atoms with Gasteiger partial charge in [-0.15, -0.1) is 0 Å². The Morgan fingerprint density at radius 1 is 0.482 bits per heavy atom. The van der Waals surface area contributed by atoms with Crippen LogP contribution < -0.4 is 4.74 Å². The molecule has 0 spiro atoms. The summed E-state index contributed by atoms with van der Waals surface area (Å²) in [4.78, 5) is 0. The van der Waals surface area contributed by atoms with Crippen LogP contribution in [0.1, 0.15) is 253 Å². The number of aryl methyl sites for hydroxylation is 1. The number of allylic oxidation sites excluding steroid dienone is 2. The normalized spacial score (nSPS) is 23.7. The first-order chi connectivity index (χ1) is 40.8. The van der Waals surface area contributed by atoms with E-state index in [0.717, 1.165) is 54.6 Å². The summed E-state index contributed by atoms with van der Waals surface area (Å²) < 4.78 is 12.2. The Kier molecular flexibility index (Phi) is 30.3. The fourth-order valence-corrected chi connectivity index (χ4v) is 29.0. The van der Waals surface area contributed by atoms with E-state index in [4.69, 9.17) is 24.1 Å². The predicted molar refractivity (Wildman–Crippen MR) is 368 cm³/mol. The third-order valence-corrected chi connectivity index (χ3v) is 31.6. The van der Waals surface area contributed by atoms with Crippen LogP contribution in [0.15, 0.2) is 128 Å². The first-order valence-electron chi connectivity index (χ1n) is 34.3. The van der Waals surface area contributed by atoms with Gasteiger partial charge in [0.05, 0.1) is 53.4 Å². The molecule has 4 unspecified atom stereocenters. The van der Waals surface area contributed by atoms with Crippen molar-refractivity contribution >= 4 is 39.8 Å². The summed E-state index contributed by atoms with van der Waals surface area (Å²) in [5.41, 5.74) is 15.7. The summed E-state index contributed by atoms with van der Waals surface area (Å²) in [6.45, 7) is 11.0. The number of ether oxygens (including phenoxy) is 2. The second-order valence-electron chi connectivity index (χ2n) is 26.2. The van der Waals surface area contributed by atoms with E-state index in [1.54, 1.807) is 204 Å². The molecular weight excluding hydrogens is 1180 g/mol. The molecule has 4 aromatic carbocycles. The van der Waals surface area contributed by atoms with Gasteiger partial charge in [-0.1, -0.05) is 130 Å². The molecule has 4 aromatic rings. The standard InChI is InChI=1S/C22H22O.2C18H33P.C7H8.C7H6.C4H8O.2ClH.Ru/c1-2-11-23-18-8-5-14(6-9-18)15-7-10-19-20(13-15)22-17-4-3-16(12-17)21(19)22;2*1-4-10-16(11-5-1)19(17-12-6-2-7-13-17)18-14-8-3-9-15-18;2*1-7-5-3-2-4-6-7;1-3-5-4-2;;;/h3-10,13,16-17,21-22H,2,11-12H2,1H3;2*16-18H,1-15H2;2-6H,1H3;1-6H;3H,1,4H2,2H3;2*1H;/q;;;;;;;;+2. The quantitative estimate of drug-likeness (QED) is 0.0575. The predicted octanol–water partition coefficient (Wildman–Crippen LogP) is 23.9. The van der Waals surface area contributed by atoms with Gasteiger partial charge in [-0.2, -0.15) is 0 Å². The van der Waals surface area contributed by atoms with Crippen LogP contribution in [0.25, 0.3) is 11.1 Å². The molecular formula is C76H112Cl2O2P2Ru+2. The average molecular weight is 1290 g/mol. The molecule has 0 saturated heterocycles. The molecule has 0 amide bonds. The van der Waals surface area contributed by atoms with Gasteiger partial charge in [-0.3, -0.25) is 0 Å². The molecule has 9 aliphatic carbocycles. The van der Waals surface area contributed by atoms with Gasteiger partial charge in [-0.05, 0) is 239 Å². The second-order valence-corrected chi connectivity index (χ2v) is 38.8. The van der Waals surface area contributed by atoms with Crippen LogP contribution in [-0.4, -0.2) is 51.8 Å². The van der Waals surface area contributed by atoms with Gasteiger partial charge >= 0.3 is 73.4 Å². The van der Waals surface area contributed by atoms with Crippen molar-refractivity contribution in [2.45, 2.75) is 272 Å². The van der Waals surface area contributed by atoms with Gasteiger partial charge in [0.2, 0.25) is 0 Å². The van der Waals surface area contributed by atoms with Crippen molar-refractivity contribution in [3.63, 3.8) is 0 Å². The molecule has 0 heterocycles. The summed E-state index contributed by atoms with van der Waals surface area (Å²) >= 11 is -1.61. The number of benzene rings is 4. The van der Waals surface area contributed by atoms with Crippen LogP contribution in [0, 0.1) is 18.8 Å². The summed E-state index contributed by atoms with van der Waals surface area (Å²) in [5.74, 6) is 4.21. The van der Waals surface area contributed by atoms with E-state index in [2.05, 4.69) is 91.9 Å². The van der Waals surface area contributed by atoms with Gasteiger partial charge in [0.25, 0.3) is 0 Å². The minimum atomic E-state index is -1.61. The zero-order valence-corrected chi connectivity index (χ0v) is 57.3. The van der Waals surface area contributed by atoms with Crippen molar-refractivity contribution in [1.82, 2.24) is 0 Å². The number of halogens is 2. The van der Waals surface area contributed by atoms with E-state index >= 15 is 0 Å². The number of hydrogen-bond donors (Lipinski definition) is 0. The Labute approximate surface area is 523 Å². The molecule has 2 bridgehead atoms. The van der Waals surface area contributed by atoms with Crippen LogP contribution in [0.4, 0.5) is 0 Å². The molecule has 458 valence electrons. The molecule has 0 aromatic heterocycles. The molecule has 83 heavy (non-hydrogen) atoms. The van der Waals surface area contributed by atoms with Gasteiger partial charge in [-0.25, -0.2) is 0 Å². The van der Waals surface area contributed by atoms with Crippen molar-refractivity contribution in [2.24, 2.45) is 11.8 Å². The Morgan fingerprint density at radius 3 is 1.20 bits per heavy atom. The topological polar surface area (TPSA) is 18.5 Å². The first-order valence-corrected chi connectivity index (χ1v) is 43.2. The average Bonchev–Trinajstić information content (AvgIpc) is 2.15. The van der Waals surface area contributed by atoms with Crippen LogP contribution in [0.5, 0.6) is 5.75 Å². The van der Waals surface area contributed by atoms with E-state index in [1.165, 1.54) is 63.3 Å². The summed E-state index contributed by atoms with van der Waals surface area (Å²) in [6, 6.07) is 35.8. The van der Waals surface area contributed by atoms with Crippen LogP contribution in [0.3, 0.4) is 0 Å². The molecule has 0 aliphatic heterocycles. The Morgan fingerprint density at radius 2 is 0.867 bits per heavy atom. The third kappa shape index (κ3) is 21.0. The van der Waals surface area contributed by atoms with Crippen molar-refractivity contribution in [3.05, 3.63) is 150 Å². The molecule has 7 saturated carbocycles. The molecule has 7 fully saturated rings. The fourth-order valence-electron chi connectivity index (χ4n) is 16.8. The van der Waals surface area contributed by atoms with Gasteiger partial charge < -0.3 is 9.47 Å². The van der Waals surface area contributed by atoms with E-state index in [-0.39, 0.29) is 15.8 Å². The van der Waals surface area contributed by atoms with Crippen molar-refractivity contribution < 1.29 is 23.0 Å². The van der Waals surface area contributed by atoms with Crippen molar-refractivity contribution in [2.75, 3.05) is 13.2 Å². The van der Waals surface area contributed by atoms with E-state index < -0.39 is 13.5 Å². The number of hydrogen-bond acceptors (Lipinski definition) is 2. The minimum absolute atomic E-state index is 0.0465. The molecule has 2 nitrogen and oxygen atoms in total. The van der Waals surface area contributed by atoms with Crippen molar-refractivity contribution in [1.29, 1.82) is 0 Å². The van der Waals surface area contributed by atoms with Gasteiger partial charge in [0, 0.05) is 15.8 Å². The summed E-state index contributed by atoms with van der Waals surface area (Å²) in [7, 11) is 11.2. The first kappa shape index (κ1) is 66.8. The maximum atomic E-state index is 5.68. The van der Waals surface area contributed by atoms with Crippen LogP contribution >= 0.6 is 35.2 Å². The SMILES string of the molecule is C1CCC([PH+](C2CCCCC2)C2CCCCC2)CC1.C1CCC([PH+](C2CCCCC2)C2CCCCC2)CC1.C=COCC.CCCOc1ccc(-c2ccc3c(c2)C2C4C=CC(C4)C32)cc1.Cc1ccccc1.[Cl][Ru]([Cl])=[CH]c1ccccc1. The molecule has 13 rings (SSSR count). The van der Waals surface area contributed by atoms with E-state index in [9.17, 15) is 0 Å². The molecule has 7 heteroatoms. The molecule has 0 N–H and O–H groups in total. The van der Waals surface area contributed by atoms with E-state index in [0.29, 0.717) is 0 Å². The second kappa shape index (κ2) is 37.7. The molecule has 0 radical (unpaired) electrons. The zero-order chi connectivity index (χ0) is 57.9. The zero-order valence-electron chi connectivity index (χ0n) is 52.1. The molecule has 4 atom stereocenters. The summed E-state index contributed by atoms with van der Waals surface area (Å²) in [6.07, 6.45) is 56.4. The summed E-state index contributed by atoms with van der Waals surface area (Å²) in [5, 5.41) is 0. The monoisotopic (exact) mass is 1290 g/mol. The number of rotatable bonds is 13. The van der Waals surface area contributed by atoms with Crippen LogP contribution in [-0.2, 0) is 18.3 Å². The Balaban J connectivity index is 0.000000139. The van der Waals surface area contributed by atoms with Gasteiger partial charge in [0.15, 0.2) is 0 Å². The number of fused-ring (bicyclic) bond motifs is 8. The molecule has 9 aliphatic rings. The van der Waals surface area contributed by atoms with Crippen LogP contribution in [0.2, 0.25) is 0 Å². The fraction of sp³-hybridized carbons (Fsp3) is 0.618. The van der Waals surface area contributed by atoms with Crippen molar-refractivity contribution in [3.8, 4) is 16.9 Å².